The van der Waals surface area contributed by atoms with E-state index in [0.717, 1.165) is 18.1 Å². The van der Waals surface area contributed by atoms with E-state index in [1.165, 1.54) is 4.90 Å². The molecule has 0 saturated carbocycles. The number of ether oxygens (including phenoxy) is 2. The van der Waals surface area contributed by atoms with Crippen LogP contribution in [0.15, 0.2) is 18.2 Å². The summed E-state index contributed by atoms with van der Waals surface area (Å²) in [4.78, 5) is 19.9. The van der Waals surface area contributed by atoms with Crippen LogP contribution in [0.2, 0.25) is 0 Å². The predicted octanol–water partition coefficient (Wildman–Crippen LogP) is 1.48. The zero-order chi connectivity index (χ0) is 17.0. The molecule has 1 aliphatic rings. The Balaban J connectivity index is 1.97. The maximum absolute atomic E-state index is 11.6. The van der Waals surface area contributed by atoms with Gasteiger partial charge in [-0.3, -0.25) is 4.79 Å². The lowest BCUT2D eigenvalue weighted by Gasteiger charge is -2.43. The molecule has 1 aromatic rings. The Hall–Kier alpha value is -1.66. The molecule has 0 aromatic carbocycles. The molecule has 1 atom stereocenters. The van der Waals surface area contributed by atoms with Gasteiger partial charge in [0.05, 0.1) is 18.3 Å². The molecule has 1 saturated heterocycles. The molecule has 23 heavy (non-hydrogen) atoms. The number of aryl methyl sites for hydroxylation is 1. The lowest BCUT2D eigenvalue weighted by molar-refractivity contribution is -0.139. The van der Waals surface area contributed by atoms with E-state index < -0.39 is 0 Å². The second-order valence-corrected chi connectivity index (χ2v) is 6.82. The Labute approximate surface area is 138 Å². The highest BCUT2D eigenvalue weighted by Crippen LogP contribution is 2.25. The zero-order valence-corrected chi connectivity index (χ0v) is 14.7. The number of carbonyl (C=O) groups is 1. The molecule has 128 valence electrons. The van der Waals surface area contributed by atoms with Crippen LogP contribution in [0.25, 0.3) is 0 Å². The van der Waals surface area contributed by atoms with Gasteiger partial charge in [0, 0.05) is 32.9 Å². The summed E-state index contributed by atoms with van der Waals surface area (Å²) in [5.41, 5.74) is 0.708. The number of pyridine rings is 1. The number of aromatic nitrogens is 1. The van der Waals surface area contributed by atoms with Crippen LogP contribution in [0.4, 0.5) is 5.82 Å². The molecular weight excluding hydrogens is 294 g/mol. The van der Waals surface area contributed by atoms with Crippen LogP contribution in [0.3, 0.4) is 0 Å². The number of carbonyl (C=O) groups excluding carboxylic acids is 1. The molecule has 2 rings (SSSR count). The summed E-state index contributed by atoms with van der Waals surface area (Å²) < 4.78 is 11.6. The predicted molar refractivity (Wildman–Crippen MR) is 89.7 cm³/mol. The molecular formula is C17H27N3O3. The van der Waals surface area contributed by atoms with Gasteiger partial charge in [0.25, 0.3) is 0 Å². The first-order chi connectivity index (χ1) is 10.8. The van der Waals surface area contributed by atoms with E-state index in [1.54, 1.807) is 14.1 Å². The molecule has 0 aliphatic carbocycles. The van der Waals surface area contributed by atoms with Gasteiger partial charge in [0.2, 0.25) is 5.91 Å². The number of hydrogen-bond donors (Lipinski definition) is 0. The number of hydrogen-bond acceptors (Lipinski definition) is 5. The molecule has 1 amide bonds. The van der Waals surface area contributed by atoms with E-state index >= 15 is 0 Å². The van der Waals surface area contributed by atoms with Crippen molar-refractivity contribution < 1.29 is 14.3 Å². The Morgan fingerprint density at radius 1 is 1.48 bits per heavy atom. The maximum atomic E-state index is 11.6. The summed E-state index contributed by atoms with van der Waals surface area (Å²) in [6.45, 7) is 8.07. The van der Waals surface area contributed by atoms with Crippen molar-refractivity contribution in [3.63, 3.8) is 0 Å². The summed E-state index contributed by atoms with van der Waals surface area (Å²) in [5.74, 6) is 0.910. The third kappa shape index (κ3) is 5.18. The lowest BCUT2D eigenvalue weighted by Crippen LogP contribution is -2.54. The Bertz CT molecular complexity index is 546. The molecule has 0 N–H and O–H groups in total. The summed E-state index contributed by atoms with van der Waals surface area (Å²) >= 11 is 0. The van der Waals surface area contributed by atoms with Crippen molar-refractivity contribution in [1.29, 1.82) is 0 Å². The van der Waals surface area contributed by atoms with E-state index in [2.05, 4.69) is 23.7 Å². The first kappa shape index (κ1) is 17.7. The minimum atomic E-state index is -0.288. The van der Waals surface area contributed by atoms with Crippen molar-refractivity contribution in [3.8, 4) is 0 Å². The van der Waals surface area contributed by atoms with Crippen molar-refractivity contribution in [2.24, 2.45) is 0 Å². The van der Waals surface area contributed by atoms with Crippen LogP contribution < -0.4 is 4.90 Å². The minimum absolute atomic E-state index is 0.0442. The fourth-order valence-electron chi connectivity index (χ4n) is 2.67. The minimum Gasteiger partial charge on any atom is -0.369 e. The zero-order valence-electron chi connectivity index (χ0n) is 14.7. The first-order valence-corrected chi connectivity index (χ1v) is 7.91. The second-order valence-electron chi connectivity index (χ2n) is 6.82. The van der Waals surface area contributed by atoms with E-state index in [-0.39, 0.29) is 24.2 Å². The van der Waals surface area contributed by atoms with Crippen LogP contribution in [0.5, 0.6) is 0 Å². The number of nitrogens with zero attached hydrogens (tertiary/aromatic N) is 3. The third-order valence-electron chi connectivity index (χ3n) is 3.71. The summed E-state index contributed by atoms with van der Waals surface area (Å²) in [7, 11) is 3.44. The summed E-state index contributed by atoms with van der Waals surface area (Å²) in [6.07, 6.45) is -0.0870. The molecule has 1 fully saturated rings. The van der Waals surface area contributed by atoms with E-state index in [1.807, 2.05) is 25.1 Å². The SMILES string of the molecule is Cc1cccc(N2CC(COCC(=O)N(C)C)OC(C)(C)C2)n1. The van der Waals surface area contributed by atoms with E-state index in [9.17, 15) is 4.79 Å². The number of morpholine rings is 1. The van der Waals surface area contributed by atoms with Gasteiger partial charge in [-0.2, -0.15) is 0 Å². The standard InChI is InChI=1S/C17H27N3O3/c1-13-7-6-8-15(18-13)20-9-14(23-17(2,3)12-20)10-22-11-16(21)19(4)5/h6-8,14H,9-12H2,1-5H3. The highest BCUT2D eigenvalue weighted by atomic mass is 16.5. The fraction of sp³-hybridized carbons (Fsp3) is 0.647. The molecule has 1 aromatic heterocycles. The number of likely N-dealkylation sites (N-methyl/N-ethyl adjacent to an activating group) is 1. The molecule has 1 unspecified atom stereocenters. The van der Waals surface area contributed by atoms with Gasteiger partial charge in [0.1, 0.15) is 12.4 Å². The topological polar surface area (TPSA) is 54.9 Å². The second kappa shape index (κ2) is 7.27. The monoisotopic (exact) mass is 321 g/mol. The summed E-state index contributed by atoms with van der Waals surface area (Å²) in [6, 6.07) is 6.02. The van der Waals surface area contributed by atoms with Crippen molar-refractivity contribution in [2.45, 2.75) is 32.5 Å². The van der Waals surface area contributed by atoms with E-state index in [4.69, 9.17) is 9.47 Å². The van der Waals surface area contributed by atoms with Crippen molar-refractivity contribution >= 4 is 11.7 Å². The molecule has 0 bridgehead atoms. The Morgan fingerprint density at radius 2 is 2.22 bits per heavy atom. The van der Waals surface area contributed by atoms with Gasteiger partial charge in [-0.15, -0.1) is 0 Å². The number of rotatable bonds is 5. The van der Waals surface area contributed by atoms with Crippen LogP contribution in [0, 0.1) is 6.92 Å². The molecule has 6 nitrogen and oxygen atoms in total. The maximum Gasteiger partial charge on any atom is 0.248 e. The van der Waals surface area contributed by atoms with Gasteiger partial charge in [0.15, 0.2) is 0 Å². The Morgan fingerprint density at radius 3 is 2.87 bits per heavy atom. The average Bonchev–Trinajstić information content (AvgIpc) is 2.45. The summed E-state index contributed by atoms with van der Waals surface area (Å²) in [5, 5.41) is 0. The highest BCUT2D eigenvalue weighted by molar-refractivity contribution is 5.76. The molecule has 0 radical (unpaired) electrons. The molecule has 0 spiro atoms. The normalized spacial score (nSPS) is 20.4. The van der Waals surface area contributed by atoms with Crippen LogP contribution in [-0.2, 0) is 14.3 Å². The molecule has 2 heterocycles. The molecule has 1 aliphatic heterocycles. The van der Waals surface area contributed by atoms with Crippen LogP contribution in [-0.4, -0.2) is 67.9 Å². The fourth-order valence-corrected chi connectivity index (χ4v) is 2.67. The van der Waals surface area contributed by atoms with Crippen LogP contribution >= 0.6 is 0 Å². The van der Waals surface area contributed by atoms with Crippen molar-refractivity contribution in [1.82, 2.24) is 9.88 Å². The van der Waals surface area contributed by atoms with Gasteiger partial charge < -0.3 is 19.3 Å². The highest BCUT2D eigenvalue weighted by Gasteiger charge is 2.34. The van der Waals surface area contributed by atoms with Gasteiger partial charge in [-0.1, -0.05) is 6.07 Å². The number of anilines is 1. The molecule has 6 heteroatoms. The van der Waals surface area contributed by atoms with Gasteiger partial charge in [-0.25, -0.2) is 4.98 Å². The first-order valence-electron chi connectivity index (χ1n) is 7.91. The smallest absolute Gasteiger partial charge is 0.248 e. The van der Waals surface area contributed by atoms with Gasteiger partial charge >= 0.3 is 0 Å². The third-order valence-corrected chi connectivity index (χ3v) is 3.71. The number of amides is 1. The van der Waals surface area contributed by atoms with Gasteiger partial charge in [-0.05, 0) is 32.9 Å². The van der Waals surface area contributed by atoms with Crippen molar-refractivity contribution in [3.05, 3.63) is 23.9 Å². The largest absolute Gasteiger partial charge is 0.369 e. The van der Waals surface area contributed by atoms with E-state index in [0.29, 0.717) is 13.2 Å². The Kier molecular flexibility index (Phi) is 5.59. The quantitative estimate of drug-likeness (QED) is 0.822. The average molecular weight is 321 g/mol. The lowest BCUT2D eigenvalue weighted by atomic mass is 10.1. The van der Waals surface area contributed by atoms with Crippen LogP contribution in [0.1, 0.15) is 19.5 Å². The van der Waals surface area contributed by atoms with Crippen molar-refractivity contribution in [2.75, 3.05) is 45.3 Å².